The summed E-state index contributed by atoms with van der Waals surface area (Å²) in [5.74, 6) is -0.467. The Kier molecular flexibility index (Phi) is 4.47. The van der Waals surface area contributed by atoms with Gasteiger partial charge in [0.2, 0.25) is 5.76 Å². The maximum absolute atomic E-state index is 10.8. The Hall–Kier alpha value is -1.78. The normalized spacial score (nSPS) is 12.3. The van der Waals surface area contributed by atoms with E-state index in [9.17, 15) is 4.79 Å². The number of furan rings is 1. The molecule has 1 atom stereocenters. The highest BCUT2D eigenvalue weighted by Crippen LogP contribution is 2.19. The molecule has 4 nitrogen and oxygen atoms in total. The van der Waals surface area contributed by atoms with Gasteiger partial charge in [-0.2, -0.15) is 0 Å². The van der Waals surface area contributed by atoms with Crippen LogP contribution in [0.25, 0.3) is 0 Å². The molecule has 0 aliphatic carbocycles. The molecule has 0 bridgehead atoms. The van der Waals surface area contributed by atoms with Crippen molar-refractivity contribution in [2.24, 2.45) is 0 Å². The molecule has 0 fully saturated rings. The van der Waals surface area contributed by atoms with Gasteiger partial charge in [-0.15, -0.1) is 0 Å². The molecule has 1 heterocycles. The molecule has 2 rings (SSSR count). The van der Waals surface area contributed by atoms with Crippen molar-refractivity contribution in [1.29, 1.82) is 0 Å². The van der Waals surface area contributed by atoms with Crippen LogP contribution in [0.3, 0.4) is 0 Å². The summed E-state index contributed by atoms with van der Waals surface area (Å²) in [6.45, 7) is 4.32. The lowest BCUT2D eigenvalue weighted by atomic mass is 10.1. The Labute approximate surface area is 122 Å². The number of hydrogen-bond acceptors (Lipinski definition) is 3. The standard InChI is InChI=1S/C15H16ClNO3/c1-9(11-4-3-5-13(16)6-11)17-8-12-7-14(15(18)19)20-10(12)2/h3-7,9,17H,8H2,1-2H3,(H,18,19)/t9-/m0/s1. The number of nitrogens with one attached hydrogen (secondary N) is 1. The van der Waals surface area contributed by atoms with Crippen molar-refractivity contribution in [3.8, 4) is 0 Å². The number of hydrogen-bond donors (Lipinski definition) is 2. The quantitative estimate of drug-likeness (QED) is 0.880. The zero-order valence-corrected chi connectivity index (χ0v) is 12.1. The van der Waals surface area contributed by atoms with E-state index in [1.165, 1.54) is 0 Å². The second-order valence-corrected chi connectivity index (χ2v) is 5.09. The highest BCUT2D eigenvalue weighted by Gasteiger charge is 2.14. The molecule has 5 heteroatoms. The van der Waals surface area contributed by atoms with Crippen molar-refractivity contribution in [2.75, 3.05) is 0 Å². The molecule has 20 heavy (non-hydrogen) atoms. The lowest BCUT2D eigenvalue weighted by Gasteiger charge is -2.14. The Morgan fingerprint density at radius 3 is 2.80 bits per heavy atom. The molecule has 0 saturated carbocycles. The molecule has 1 aromatic carbocycles. The number of carboxylic acids is 1. The third kappa shape index (κ3) is 3.40. The maximum atomic E-state index is 10.8. The summed E-state index contributed by atoms with van der Waals surface area (Å²) < 4.78 is 5.17. The number of halogens is 1. The lowest BCUT2D eigenvalue weighted by molar-refractivity contribution is 0.0661. The fourth-order valence-electron chi connectivity index (χ4n) is 1.96. The molecule has 0 aliphatic rings. The SMILES string of the molecule is Cc1oc(C(=O)O)cc1CN[C@@H](C)c1cccc(Cl)c1. The minimum atomic E-state index is -1.05. The fraction of sp³-hybridized carbons (Fsp3) is 0.267. The van der Waals surface area contributed by atoms with E-state index in [2.05, 4.69) is 5.32 Å². The Morgan fingerprint density at radius 2 is 2.20 bits per heavy atom. The number of carbonyl (C=O) groups is 1. The van der Waals surface area contributed by atoms with Crippen molar-refractivity contribution in [1.82, 2.24) is 5.32 Å². The van der Waals surface area contributed by atoms with Gasteiger partial charge < -0.3 is 14.8 Å². The van der Waals surface area contributed by atoms with E-state index in [0.717, 1.165) is 11.1 Å². The predicted molar refractivity (Wildman–Crippen MR) is 77.1 cm³/mol. The Balaban J connectivity index is 2.03. The molecule has 0 aliphatic heterocycles. The number of aromatic carboxylic acids is 1. The first kappa shape index (κ1) is 14.6. The van der Waals surface area contributed by atoms with Crippen LogP contribution >= 0.6 is 11.6 Å². The average molecular weight is 294 g/mol. The van der Waals surface area contributed by atoms with Gasteiger partial charge in [-0.25, -0.2) is 4.79 Å². The number of carboxylic acid groups (broad SMARTS) is 1. The number of rotatable bonds is 5. The van der Waals surface area contributed by atoms with E-state index in [4.69, 9.17) is 21.1 Å². The second-order valence-electron chi connectivity index (χ2n) is 4.65. The minimum absolute atomic E-state index is 0.0327. The minimum Gasteiger partial charge on any atom is -0.475 e. The molecule has 0 radical (unpaired) electrons. The first-order chi connectivity index (χ1) is 9.47. The van der Waals surface area contributed by atoms with E-state index in [1.54, 1.807) is 13.0 Å². The van der Waals surface area contributed by atoms with Crippen molar-refractivity contribution >= 4 is 17.6 Å². The van der Waals surface area contributed by atoms with Gasteiger partial charge in [0.15, 0.2) is 0 Å². The van der Waals surface area contributed by atoms with Gasteiger partial charge in [0.05, 0.1) is 0 Å². The van der Waals surface area contributed by atoms with Crippen LogP contribution < -0.4 is 5.32 Å². The van der Waals surface area contributed by atoms with Gasteiger partial charge in [-0.1, -0.05) is 23.7 Å². The van der Waals surface area contributed by atoms with Crippen molar-refractivity contribution < 1.29 is 14.3 Å². The van der Waals surface area contributed by atoms with Crippen LogP contribution in [0.15, 0.2) is 34.7 Å². The fourth-order valence-corrected chi connectivity index (χ4v) is 2.16. The Bertz CT molecular complexity index is 621. The first-order valence-electron chi connectivity index (χ1n) is 6.29. The Morgan fingerprint density at radius 1 is 1.45 bits per heavy atom. The van der Waals surface area contributed by atoms with E-state index < -0.39 is 5.97 Å². The summed E-state index contributed by atoms with van der Waals surface area (Å²) in [5, 5.41) is 12.9. The summed E-state index contributed by atoms with van der Waals surface area (Å²) >= 11 is 5.96. The summed E-state index contributed by atoms with van der Waals surface area (Å²) in [6.07, 6.45) is 0. The van der Waals surface area contributed by atoms with Crippen LogP contribution in [0.5, 0.6) is 0 Å². The molecule has 0 amide bonds. The molecular formula is C15H16ClNO3. The largest absolute Gasteiger partial charge is 0.475 e. The van der Waals surface area contributed by atoms with Crippen molar-refractivity contribution in [2.45, 2.75) is 26.4 Å². The second kappa shape index (κ2) is 6.11. The van der Waals surface area contributed by atoms with Gasteiger partial charge >= 0.3 is 5.97 Å². The summed E-state index contributed by atoms with van der Waals surface area (Å²) in [7, 11) is 0. The monoisotopic (exact) mass is 293 g/mol. The van der Waals surface area contributed by atoms with Crippen LogP contribution in [-0.2, 0) is 6.54 Å². The van der Waals surface area contributed by atoms with Crippen LogP contribution in [-0.4, -0.2) is 11.1 Å². The van der Waals surface area contributed by atoms with Crippen LogP contribution in [0.2, 0.25) is 5.02 Å². The highest BCUT2D eigenvalue weighted by atomic mass is 35.5. The van der Waals surface area contributed by atoms with Crippen molar-refractivity contribution in [3.63, 3.8) is 0 Å². The molecule has 1 aromatic heterocycles. The zero-order chi connectivity index (χ0) is 14.7. The lowest BCUT2D eigenvalue weighted by Crippen LogP contribution is -2.18. The smallest absolute Gasteiger partial charge is 0.371 e. The van der Waals surface area contributed by atoms with Gasteiger partial charge in [-0.05, 0) is 37.6 Å². The van der Waals surface area contributed by atoms with E-state index in [-0.39, 0.29) is 11.8 Å². The van der Waals surface area contributed by atoms with Crippen LogP contribution in [0, 0.1) is 6.92 Å². The zero-order valence-electron chi connectivity index (χ0n) is 11.3. The first-order valence-corrected chi connectivity index (χ1v) is 6.66. The summed E-state index contributed by atoms with van der Waals surface area (Å²) in [5.41, 5.74) is 1.92. The highest BCUT2D eigenvalue weighted by molar-refractivity contribution is 6.30. The maximum Gasteiger partial charge on any atom is 0.371 e. The number of benzene rings is 1. The van der Waals surface area contributed by atoms with Gasteiger partial charge in [0, 0.05) is 23.2 Å². The van der Waals surface area contributed by atoms with E-state index >= 15 is 0 Å². The third-order valence-electron chi connectivity index (χ3n) is 3.18. The molecule has 106 valence electrons. The van der Waals surface area contributed by atoms with Crippen LogP contribution in [0.1, 0.15) is 40.4 Å². The third-order valence-corrected chi connectivity index (χ3v) is 3.41. The molecule has 0 unspecified atom stereocenters. The summed E-state index contributed by atoms with van der Waals surface area (Å²) in [4.78, 5) is 10.8. The molecular weight excluding hydrogens is 278 g/mol. The number of aryl methyl sites for hydroxylation is 1. The molecule has 2 N–H and O–H groups in total. The topological polar surface area (TPSA) is 62.5 Å². The predicted octanol–water partition coefficient (Wildman–Crippen LogP) is 3.79. The van der Waals surface area contributed by atoms with Gasteiger partial charge in [-0.3, -0.25) is 0 Å². The van der Waals surface area contributed by atoms with Crippen LogP contribution in [0.4, 0.5) is 0 Å². The van der Waals surface area contributed by atoms with E-state index in [0.29, 0.717) is 17.3 Å². The van der Waals surface area contributed by atoms with Gasteiger partial charge in [0.1, 0.15) is 5.76 Å². The van der Waals surface area contributed by atoms with Gasteiger partial charge in [0.25, 0.3) is 0 Å². The van der Waals surface area contributed by atoms with Crippen molar-refractivity contribution in [3.05, 3.63) is 58.0 Å². The average Bonchev–Trinajstić information content (AvgIpc) is 2.77. The molecule has 0 saturated heterocycles. The summed E-state index contributed by atoms with van der Waals surface area (Å²) in [6, 6.07) is 9.29. The van der Waals surface area contributed by atoms with E-state index in [1.807, 2.05) is 31.2 Å². The molecule has 2 aromatic rings. The molecule has 0 spiro atoms.